The molecule has 3 aromatic rings. The second-order valence-corrected chi connectivity index (χ2v) is 8.97. The molecule has 4 rings (SSSR count). The lowest BCUT2D eigenvalue weighted by molar-refractivity contribution is -0.136. The second-order valence-electron chi connectivity index (χ2n) is 8.06. The van der Waals surface area contributed by atoms with Crippen LogP contribution >= 0.6 is 15.9 Å². The largest absolute Gasteiger partial charge is 0.488 e. The van der Waals surface area contributed by atoms with Crippen molar-refractivity contribution in [1.29, 1.82) is 0 Å². The van der Waals surface area contributed by atoms with E-state index >= 15 is 0 Å². The molecule has 2 N–H and O–H groups in total. The van der Waals surface area contributed by atoms with Crippen LogP contribution in [-0.4, -0.2) is 55.1 Å². The molecule has 10 heteroatoms. The third kappa shape index (κ3) is 7.25. The molecule has 190 valence electrons. The Hall–Kier alpha value is -4.02. The first-order valence-corrected chi connectivity index (χ1v) is 12.4. The van der Waals surface area contributed by atoms with Crippen LogP contribution in [0.15, 0.2) is 82.4 Å². The predicted octanol–water partition coefficient (Wildman–Crippen LogP) is 3.59. The van der Waals surface area contributed by atoms with E-state index in [1.807, 2.05) is 36.4 Å². The average molecular weight is 565 g/mol. The molecule has 0 atom stereocenters. The Morgan fingerprint density at radius 3 is 2.43 bits per heavy atom. The van der Waals surface area contributed by atoms with Crippen molar-refractivity contribution in [3.63, 3.8) is 0 Å². The van der Waals surface area contributed by atoms with Crippen LogP contribution in [0.3, 0.4) is 0 Å². The molecule has 0 unspecified atom stereocenters. The summed E-state index contributed by atoms with van der Waals surface area (Å²) in [6.07, 6.45) is 1.40. The smallest absolute Gasteiger partial charge is 0.329 e. The number of rotatable bonds is 7. The summed E-state index contributed by atoms with van der Waals surface area (Å²) in [7, 11) is 0. The number of hydrogen-bond donors (Lipinski definition) is 2. The second kappa shape index (κ2) is 12.8. The van der Waals surface area contributed by atoms with Crippen LogP contribution in [0.4, 0.5) is 5.69 Å². The molecule has 0 saturated carbocycles. The van der Waals surface area contributed by atoms with Crippen molar-refractivity contribution in [1.82, 2.24) is 10.3 Å². The highest BCUT2D eigenvalue weighted by atomic mass is 79.9. The minimum absolute atomic E-state index is 0.239. The Morgan fingerprint density at radius 1 is 0.946 bits per heavy atom. The molecule has 1 saturated heterocycles. The molecule has 0 aliphatic carbocycles. The van der Waals surface area contributed by atoms with Crippen molar-refractivity contribution >= 4 is 45.6 Å². The summed E-state index contributed by atoms with van der Waals surface area (Å²) in [5, 5.41) is 6.40. The van der Waals surface area contributed by atoms with E-state index in [9.17, 15) is 14.4 Å². The number of hydrogen-bond acceptors (Lipinski definition) is 6. The van der Waals surface area contributed by atoms with Crippen molar-refractivity contribution in [2.45, 2.75) is 6.61 Å². The van der Waals surface area contributed by atoms with Crippen molar-refractivity contribution in [3.8, 4) is 5.75 Å². The van der Waals surface area contributed by atoms with Gasteiger partial charge in [-0.3, -0.25) is 14.4 Å². The van der Waals surface area contributed by atoms with Crippen LogP contribution in [0.1, 0.15) is 21.5 Å². The maximum atomic E-state index is 12.9. The zero-order chi connectivity index (χ0) is 26.0. The van der Waals surface area contributed by atoms with E-state index in [-0.39, 0.29) is 11.6 Å². The van der Waals surface area contributed by atoms with Crippen molar-refractivity contribution in [3.05, 3.63) is 94.0 Å². The molecule has 0 radical (unpaired) electrons. The van der Waals surface area contributed by atoms with E-state index in [2.05, 4.69) is 31.8 Å². The van der Waals surface area contributed by atoms with E-state index in [0.717, 1.165) is 10.0 Å². The summed E-state index contributed by atoms with van der Waals surface area (Å²) in [4.78, 5) is 39.4. The Bertz CT molecular complexity index is 1290. The topological polar surface area (TPSA) is 109 Å². The quantitative estimate of drug-likeness (QED) is 0.259. The molecule has 1 fully saturated rings. The van der Waals surface area contributed by atoms with Crippen LogP contribution in [0.25, 0.3) is 0 Å². The van der Waals surface area contributed by atoms with Crippen molar-refractivity contribution < 1.29 is 23.9 Å². The number of para-hydroxylation sites is 2. The Balaban J connectivity index is 1.35. The van der Waals surface area contributed by atoms with Gasteiger partial charge in [-0.25, -0.2) is 5.43 Å². The number of halogens is 1. The van der Waals surface area contributed by atoms with E-state index < -0.39 is 11.8 Å². The van der Waals surface area contributed by atoms with Crippen molar-refractivity contribution in [2.24, 2.45) is 5.10 Å². The van der Waals surface area contributed by atoms with E-state index in [1.54, 1.807) is 41.3 Å². The number of carbonyl (C=O) groups is 3. The summed E-state index contributed by atoms with van der Waals surface area (Å²) >= 11 is 3.41. The summed E-state index contributed by atoms with van der Waals surface area (Å²) in [6, 6.07) is 21.5. The molecular formula is C27H25BrN4O5. The molecule has 0 spiro atoms. The number of ether oxygens (including phenoxy) is 2. The minimum atomic E-state index is -0.974. The molecule has 9 nitrogen and oxygen atoms in total. The highest BCUT2D eigenvalue weighted by molar-refractivity contribution is 9.10. The van der Waals surface area contributed by atoms with Crippen LogP contribution in [0, 0.1) is 0 Å². The summed E-state index contributed by atoms with van der Waals surface area (Å²) < 4.78 is 12.2. The van der Waals surface area contributed by atoms with Gasteiger partial charge in [-0.05, 0) is 42.0 Å². The van der Waals surface area contributed by atoms with Gasteiger partial charge >= 0.3 is 11.8 Å². The Kier molecular flexibility index (Phi) is 9.01. The number of morpholine rings is 1. The lowest BCUT2D eigenvalue weighted by atomic mass is 10.1. The average Bonchev–Trinajstić information content (AvgIpc) is 2.93. The third-order valence-corrected chi connectivity index (χ3v) is 6.04. The van der Waals surface area contributed by atoms with E-state index in [4.69, 9.17) is 9.47 Å². The first kappa shape index (κ1) is 26.1. The number of hydrazone groups is 1. The molecule has 37 heavy (non-hydrogen) atoms. The van der Waals surface area contributed by atoms with Gasteiger partial charge in [0, 0.05) is 23.1 Å². The standard InChI is InChI=1S/C27H25BrN4O5/c28-21-11-9-19(10-12-21)18-37-24-8-4-1-5-20(24)17-29-31-26(34)25(33)30-23-7-3-2-6-22(23)27(35)32-13-15-36-16-14-32/h1-12,17H,13-16,18H2,(H,30,33)(H,31,34). The van der Waals surface area contributed by atoms with Crippen LogP contribution in [-0.2, 0) is 20.9 Å². The predicted molar refractivity (Wildman–Crippen MR) is 142 cm³/mol. The maximum absolute atomic E-state index is 12.9. The highest BCUT2D eigenvalue weighted by Crippen LogP contribution is 2.20. The lowest BCUT2D eigenvalue weighted by Gasteiger charge is -2.27. The van der Waals surface area contributed by atoms with Gasteiger partial charge < -0.3 is 19.7 Å². The van der Waals surface area contributed by atoms with Crippen LogP contribution in [0.2, 0.25) is 0 Å². The molecule has 1 heterocycles. The molecular weight excluding hydrogens is 540 g/mol. The number of anilines is 1. The van der Waals surface area contributed by atoms with Gasteiger partial charge in [0.25, 0.3) is 5.91 Å². The normalized spacial score (nSPS) is 13.3. The van der Waals surface area contributed by atoms with Crippen LogP contribution < -0.4 is 15.5 Å². The first-order valence-electron chi connectivity index (χ1n) is 11.6. The fraction of sp³-hybridized carbons (Fsp3) is 0.185. The Morgan fingerprint density at radius 2 is 1.65 bits per heavy atom. The van der Waals surface area contributed by atoms with Gasteiger partial charge in [-0.2, -0.15) is 5.10 Å². The van der Waals surface area contributed by atoms with Gasteiger partial charge in [0.2, 0.25) is 0 Å². The molecule has 1 aliphatic heterocycles. The molecule has 0 aromatic heterocycles. The lowest BCUT2D eigenvalue weighted by Crippen LogP contribution is -2.41. The van der Waals surface area contributed by atoms with E-state index in [0.29, 0.717) is 49.8 Å². The molecule has 1 aliphatic rings. The monoisotopic (exact) mass is 564 g/mol. The molecule has 0 bridgehead atoms. The minimum Gasteiger partial charge on any atom is -0.488 e. The van der Waals surface area contributed by atoms with Crippen molar-refractivity contribution in [2.75, 3.05) is 31.6 Å². The van der Waals surface area contributed by atoms with Gasteiger partial charge in [0.15, 0.2) is 0 Å². The van der Waals surface area contributed by atoms with Gasteiger partial charge in [-0.15, -0.1) is 0 Å². The van der Waals surface area contributed by atoms with Gasteiger partial charge in [-0.1, -0.05) is 52.3 Å². The fourth-order valence-electron chi connectivity index (χ4n) is 3.57. The Labute approximate surface area is 222 Å². The zero-order valence-electron chi connectivity index (χ0n) is 19.9. The summed E-state index contributed by atoms with van der Waals surface area (Å²) in [5.41, 5.74) is 4.38. The summed E-state index contributed by atoms with van der Waals surface area (Å²) in [6.45, 7) is 2.20. The van der Waals surface area contributed by atoms with Gasteiger partial charge in [0.05, 0.1) is 30.7 Å². The summed E-state index contributed by atoms with van der Waals surface area (Å²) in [5.74, 6) is -1.59. The first-order chi connectivity index (χ1) is 18.0. The number of carbonyl (C=O) groups excluding carboxylic acids is 3. The van der Waals surface area contributed by atoms with Crippen LogP contribution in [0.5, 0.6) is 5.75 Å². The number of amides is 3. The third-order valence-electron chi connectivity index (χ3n) is 5.51. The van der Waals surface area contributed by atoms with Gasteiger partial charge in [0.1, 0.15) is 12.4 Å². The molecule has 3 amide bonds. The maximum Gasteiger partial charge on any atom is 0.329 e. The fourth-order valence-corrected chi connectivity index (χ4v) is 3.83. The number of nitrogens with zero attached hydrogens (tertiary/aromatic N) is 2. The highest BCUT2D eigenvalue weighted by Gasteiger charge is 2.23. The SMILES string of the molecule is O=C(NN=Cc1ccccc1OCc1ccc(Br)cc1)C(=O)Nc1ccccc1C(=O)N1CCOCC1. The van der Waals surface area contributed by atoms with E-state index in [1.165, 1.54) is 6.21 Å². The zero-order valence-corrected chi connectivity index (χ0v) is 21.4. The number of nitrogens with one attached hydrogen (secondary N) is 2. The number of benzene rings is 3. The molecule has 3 aromatic carbocycles.